The Balaban J connectivity index is 0.00000518. The Morgan fingerprint density at radius 2 is 1.02 bits per heavy atom. The molecular formula is C56H37Br2IrN4O. The quantitative estimate of drug-likeness (QED) is 0.135. The van der Waals surface area contributed by atoms with Gasteiger partial charge in [0.25, 0.3) is 5.91 Å². The number of nitrogens with zero attached hydrogens (tertiary/aromatic N) is 4. The predicted molar refractivity (Wildman–Crippen MR) is 261 cm³/mol. The van der Waals surface area contributed by atoms with Gasteiger partial charge in [0.05, 0.1) is 5.69 Å². The zero-order valence-corrected chi connectivity index (χ0v) is 40.1. The molecular weight excluding hydrogens is 1100 g/mol. The standard InChI is InChI=1S/C56H37Br2N4O.Ir/c1-62(48-23-26-55(61-35-48)40-20-19-36-9-6-10-37(36)27-40)56(63)45-29-43(51-17-4-2-15-49(51)41-21-24-53(59-33-41)38-11-7-13-46(57)31-38)28-44(30-45)52-18-5-3-16-50(52)42-22-25-54(60-34-42)39-12-8-14-47(58)32-39;/h2-5,7-8,13-19,21-35H,6,9-10H2,1H3;/q-3;+3. The van der Waals surface area contributed by atoms with Crippen molar-refractivity contribution in [3.05, 3.63) is 214 Å². The summed E-state index contributed by atoms with van der Waals surface area (Å²) in [6.45, 7) is 0. The first-order valence-corrected chi connectivity index (χ1v) is 22.3. The number of rotatable bonds is 9. The number of hydrogen-bond donors (Lipinski definition) is 0. The Hall–Kier alpha value is -6.15. The van der Waals surface area contributed by atoms with E-state index in [9.17, 15) is 4.79 Å². The predicted octanol–water partition coefficient (Wildman–Crippen LogP) is 14.2. The van der Waals surface area contributed by atoms with Crippen molar-refractivity contribution in [3.63, 3.8) is 0 Å². The molecule has 0 unspecified atom stereocenters. The molecule has 3 aromatic heterocycles. The second-order valence-corrected chi connectivity index (χ2v) is 17.4. The van der Waals surface area contributed by atoms with Crippen LogP contribution in [0.3, 0.4) is 0 Å². The Kier molecular flexibility index (Phi) is 12.7. The number of aromatic nitrogens is 3. The van der Waals surface area contributed by atoms with Crippen LogP contribution in [-0.2, 0) is 32.9 Å². The van der Waals surface area contributed by atoms with Crippen LogP contribution in [-0.4, -0.2) is 27.9 Å². The van der Waals surface area contributed by atoms with Crippen molar-refractivity contribution in [1.82, 2.24) is 15.0 Å². The molecule has 8 heteroatoms. The van der Waals surface area contributed by atoms with E-state index in [1.165, 1.54) is 17.5 Å². The number of hydrogen-bond acceptors (Lipinski definition) is 4. The summed E-state index contributed by atoms with van der Waals surface area (Å²) in [5.74, 6) is -0.153. The number of carbonyl (C=O) groups is 1. The summed E-state index contributed by atoms with van der Waals surface area (Å²) >= 11 is 7.15. The maximum Gasteiger partial charge on any atom is 3.00 e. The fourth-order valence-corrected chi connectivity index (χ4v) is 9.06. The van der Waals surface area contributed by atoms with E-state index in [1.807, 2.05) is 109 Å². The van der Waals surface area contributed by atoms with Gasteiger partial charge in [-0.25, -0.2) is 0 Å². The number of aryl methyl sites for hydroxylation is 2. The van der Waals surface area contributed by atoms with E-state index in [0.29, 0.717) is 11.3 Å². The molecule has 3 heterocycles. The van der Waals surface area contributed by atoms with Crippen molar-refractivity contribution in [3.8, 4) is 78.3 Å². The van der Waals surface area contributed by atoms with E-state index < -0.39 is 0 Å². The molecule has 10 rings (SSSR count). The van der Waals surface area contributed by atoms with Gasteiger partial charge in [-0.1, -0.05) is 133 Å². The van der Waals surface area contributed by atoms with Gasteiger partial charge in [0.1, 0.15) is 0 Å². The van der Waals surface area contributed by atoms with E-state index in [4.69, 9.17) is 15.0 Å². The summed E-state index contributed by atoms with van der Waals surface area (Å²) in [5.41, 5.74) is 16.9. The molecule has 1 aliphatic rings. The van der Waals surface area contributed by atoms with Gasteiger partial charge in [-0.15, -0.1) is 94.5 Å². The van der Waals surface area contributed by atoms with E-state index in [0.717, 1.165) is 100 Å². The number of fused-ring (bicyclic) bond motifs is 1. The number of pyridine rings is 3. The first-order chi connectivity index (χ1) is 30.8. The van der Waals surface area contributed by atoms with Gasteiger partial charge in [-0.2, -0.15) is 0 Å². The van der Waals surface area contributed by atoms with Crippen LogP contribution >= 0.6 is 31.9 Å². The number of halogens is 2. The fourth-order valence-electron chi connectivity index (χ4n) is 8.34. The second-order valence-electron chi connectivity index (χ2n) is 15.6. The zero-order chi connectivity index (χ0) is 42.9. The normalized spacial score (nSPS) is 11.7. The van der Waals surface area contributed by atoms with E-state index >= 15 is 0 Å². The molecule has 0 saturated carbocycles. The summed E-state index contributed by atoms with van der Waals surface area (Å²) < 4.78 is 1.94. The molecule has 0 radical (unpaired) electrons. The Morgan fingerprint density at radius 1 is 0.531 bits per heavy atom. The number of benzene rings is 6. The molecule has 0 fully saturated rings. The van der Waals surface area contributed by atoms with Crippen LogP contribution < -0.4 is 4.90 Å². The van der Waals surface area contributed by atoms with Gasteiger partial charge < -0.3 is 19.9 Å². The molecule has 310 valence electrons. The van der Waals surface area contributed by atoms with Gasteiger partial charge in [0.15, 0.2) is 0 Å². The maximum absolute atomic E-state index is 14.8. The fraction of sp³-hybridized carbons (Fsp3) is 0.0714. The molecule has 0 aliphatic heterocycles. The zero-order valence-electron chi connectivity index (χ0n) is 34.6. The summed E-state index contributed by atoms with van der Waals surface area (Å²) in [7, 11) is 1.81. The molecule has 1 amide bonds. The number of amides is 1. The van der Waals surface area contributed by atoms with Gasteiger partial charge in [-0.05, 0) is 92.3 Å². The summed E-state index contributed by atoms with van der Waals surface area (Å²) in [6, 6.07) is 60.9. The molecule has 6 aromatic carbocycles. The van der Waals surface area contributed by atoms with E-state index in [-0.39, 0.29) is 26.0 Å². The Morgan fingerprint density at radius 3 is 1.50 bits per heavy atom. The average Bonchev–Trinajstić information content (AvgIpc) is 3.82. The monoisotopic (exact) mass is 1130 g/mol. The van der Waals surface area contributed by atoms with Crippen LogP contribution in [0.15, 0.2) is 179 Å². The minimum Gasteiger partial charge on any atom is -0.310 e. The third-order valence-electron chi connectivity index (χ3n) is 11.6. The van der Waals surface area contributed by atoms with Crippen LogP contribution in [0.1, 0.15) is 27.9 Å². The smallest absolute Gasteiger partial charge is 0.310 e. The molecule has 0 bridgehead atoms. The third-order valence-corrected chi connectivity index (χ3v) is 12.6. The van der Waals surface area contributed by atoms with E-state index in [2.05, 4.69) is 105 Å². The van der Waals surface area contributed by atoms with Crippen LogP contribution in [0.2, 0.25) is 0 Å². The number of carbonyl (C=O) groups excluding carboxylic acids is 1. The molecule has 0 saturated heterocycles. The first-order valence-electron chi connectivity index (χ1n) is 20.7. The van der Waals surface area contributed by atoms with Crippen molar-refractivity contribution < 1.29 is 24.9 Å². The Labute approximate surface area is 404 Å². The molecule has 5 nitrogen and oxygen atoms in total. The van der Waals surface area contributed by atoms with Crippen molar-refractivity contribution in [2.75, 3.05) is 11.9 Å². The summed E-state index contributed by atoms with van der Waals surface area (Å²) in [5, 5.41) is 0. The van der Waals surface area contributed by atoms with Crippen LogP contribution in [0.4, 0.5) is 5.69 Å². The molecule has 0 atom stereocenters. The van der Waals surface area contributed by atoms with Gasteiger partial charge in [0, 0.05) is 31.2 Å². The molecule has 9 aromatic rings. The SMILES string of the molecule is CN(C(=O)c1cc(-c2ccccc2-c2ccc(-c3[c-]ccc(Br)c3)nc2)cc(-c2ccccc2-c2ccc(-c3[c-]ccc(Br)c3)nc2)c1)c1ccc(-c2[c-]cc3c(c2)CCC3)nc1.[Ir+3]. The molecule has 64 heavy (non-hydrogen) atoms. The minimum absolute atomic E-state index is 0. The average molecular weight is 1130 g/mol. The van der Waals surface area contributed by atoms with Gasteiger partial charge in [0.2, 0.25) is 0 Å². The first kappa shape index (κ1) is 43.1. The van der Waals surface area contributed by atoms with Crippen molar-refractivity contribution in [1.29, 1.82) is 0 Å². The van der Waals surface area contributed by atoms with Crippen molar-refractivity contribution in [2.24, 2.45) is 0 Å². The topological polar surface area (TPSA) is 59.0 Å². The Bertz CT molecular complexity index is 3000. The van der Waals surface area contributed by atoms with Crippen LogP contribution in [0.25, 0.3) is 78.3 Å². The largest absolute Gasteiger partial charge is 3.00 e. The molecule has 1 aliphatic carbocycles. The van der Waals surface area contributed by atoms with Crippen molar-refractivity contribution >= 4 is 43.5 Å². The number of anilines is 1. The summed E-state index contributed by atoms with van der Waals surface area (Å²) in [4.78, 5) is 30.9. The van der Waals surface area contributed by atoms with Gasteiger partial charge in [-0.3, -0.25) is 4.79 Å². The van der Waals surface area contributed by atoms with E-state index in [1.54, 1.807) is 18.1 Å². The third kappa shape index (κ3) is 8.97. The minimum atomic E-state index is -0.153. The maximum atomic E-state index is 14.8. The second kappa shape index (κ2) is 18.9. The molecule has 0 N–H and O–H groups in total. The van der Waals surface area contributed by atoms with Crippen molar-refractivity contribution in [2.45, 2.75) is 19.3 Å². The van der Waals surface area contributed by atoms with Crippen LogP contribution in [0, 0.1) is 18.2 Å². The van der Waals surface area contributed by atoms with Gasteiger partial charge >= 0.3 is 20.1 Å². The summed E-state index contributed by atoms with van der Waals surface area (Å²) in [6.07, 6.45) is 8.96. The van der Waals surface area contributed by atoms with Crippen LogP contribution in [0.5, 0.6) is 0 Å². The molecule has 0 spiro atoms.